The van der Waals surface area contributed by atoms with E-state index in [2.05, 4.69) is 63.7 Å². The molecule has 3 heteroatoms. The predicted octanol–water partition coefficient (Wildman–Crippen LogP) is 5.53. The van der Waals surface area contributed by atoms with Crippen LogP contribution in [0.15, 0.2) is 53.0 Å². The second-order valence-electron chi connectivity index (χ2n) is 5.44. The topological polar surface area (TPSA) is 13.6 Å². The SMILES string of the molecule is CCc1c(-c2ccc(OC)cc2)c2cc(Br)c3cccc1n32. The molecule has 0 aliphatic carbocycles. The normalized spacial score (nSPS) is 11.6. The van der Waals surface area contributed by atoms with Crippen molar-refractivity contribution in [3.8, 4) is 16.9 Å². The Morgan fingerprint density at radius 3 is 2.41 bits per heavy atom. The number of methoxy groups -OCH3 is 1. The minimum Gasteiger partial charge on any atom is -0.497 e. The molecule has 4 aromatic rings. The molecular weight excluding hydrogens is 338 g/mol. The highest BCUT2D eigenvalue weighted by atomic mass is 79.9. The Hall–Kier alpha value is -2.00. The largest absolute Gasteiger partial charge is 0.497 e. The molecule has 1 aromatic carbocycles. The smallest absolute Gasteiger partial charge is 0.118 e. The third kappa shape index (κ3) is 1.78. The van der Waals surface area contributed by atoms with Crippen LogP contribution in [0, 0.1) is 0 Å². The van der Waals surface area contributed by atoms with Gasteiger partial charge in [0.15, 0.2) is 0 Å². The van der Waals surface area contributed by atoms with Gasteiger partial charge in [0.25, 0.3) is 0 Å². The first-order valence-corrected chi connectivity index (χ1v) is 8.22. The first-order valence-electron chi connectivity index (χ1n) is 7.43. The third-order valence-corrected chi connectivity index (χ3v) is 4.97. The van der Waals surface area contributed by atoms with E-state index in [0.29, 0.717) is 0 Å². The van der Waals surface area contributed by atoms with E-state index in [0.717, 1.165) is 16.6 Å². The molecule has 0 radical (unpaired) electrons. The molecule has 0 aliphatic heterocycles. The van der Waals surface area contributed by atoms with E-state index in [1.807, 2.05) is 12.1 Å². The van der Waals surface area contributed by atoms with Gasteiger partial charge in [0.05, 0.1) is 23.7 Å². The average Bonchev–Trinajstić information content (AvgIpc) is 3.06. The van der Waals surface area contributed by atoms with Crippen molar-refractivity contribution in [3.63, 3.8) is 0 Å². The van der Waals surface area contributed by atoms with Crippen molar-refractivity contribution in [2.24, 2.45) is 0 Å². The van der Waals surface area contributed by atoms with Crippen LogP contribution in [-0.4, -0.2) is 11.5 Å². The molecule has 0 bridgehead atoms. The Morgan fingerprint density at radius 1 is 1.00 bits per heavy atom. The molecule has 0 atom stereocenters. The van der Waals surface area contributed by atoms with Gasteiger partial charge in [-0.05, 0) is 63.8 Å². The number of nitrogens with zero attached hydrogens (tertiary/aromatic N) is 1. The van der Waals surface area contributed by atoms with Gasteiger partial charge in [0.2, 0.25) is 0 Å². The summed E-state index contributed by atoms with van der Waals surface area (Å²) in [6.07, 6.45) is 1.01. The number of pyridine rings is 1. The van der Waals surface area contributed by atoms with Gasteiger partial charge in [-0.1, -0.05) is 25.1 Å². The number of benzene rings is 1. The van der Waals surface area contributed by atoms with Crippen LogP contribution in [0.3, 0.4) is 0 Å². The summed E-state index contributed by atoms with van der Waals surface area (Å²) in [6.45, 7) is 2.22. The van der Waals surface area contributed by atoms with Crippen LogP contribution in [0.5, 0.6) is 5.75 Å². The van der Waals surface area contributed by atoms with Crippen LogP contribution in [-0.2, 0) is 6.42 Å². The molecule has 0 spiro atoms. The Morgan fingerprint density at radius 2 is 1.73 bits per heavy atom. The zero-order valence-electron chi connectivity index (χ0n) is 12.6. The molecule has 4 rings (SSSR count). The number of rotatable bonds is 3. The summed E-state index contributed by atoms with van der Waals surface area (Å²) in [5.74, 6) is 0.888. The predicted molar refractivity (Wildman–Crippen MR) is 95.2 cm³/mol. The monoisotopic (exact) mass is 353 g/mol. The molecular formula is C19H16BrNO. The lowest BCUT2D eigenvalue weighted by Gasteiger charge is -2.05. The minimum atomic E-state index is 0.888. The summed E-state index contributed by atoms with van der Waals surface area (Å²) in [4.78, 5) is 0. The van der Waals surface area contributed by atoms with Crippen LogP contribution in [0.2, 0.25) is 0 Å². The first-order chi connectivity index (χ1) is 10.7. The molecule has 0 N–H and O–H groups in total. The minimum absolute atomic E-state index is 0.888. The highest BCUT2D eigenvalue weighted by Crippen LogP contribution is 2.40. The number of hydrogen-bond acceptors (Lipinski definition) is 1. The number of aromatic nitrogens is 1. The van der Waals surface area contributed by atoms with E-state index < -0.39 is 0 Å². The van der Waals surface area contributed by atoms with Crippen LogP contribution >= 0.6 is 15.9 Å². The summed E-state index contributed by atoms with van der Waals surface area (Å²) >= 11 is 3.69. The molecule has 0 aliphatic rings. The van der Waals surface area contributed by atoms with Gasteiger partial charge in [-0.2, -0.15) is 0 Å². The lowest BCUT2D eigenvalue weighted by Crippen LogP contribution is -1.86. The van der Waals surface area contributed by atoms with Gasteiger partial charge in [-0.25, -0.2) is 0 Å². The molecule has 0 saturated heterocycles. The summed E-state index contributed by atoms with van der Waals surface area (Å²) in [7, 11) is 1.70. The molecule has 2 nitrogen and oxygen atoms in total. The van der Waals surface area contributed by atoms with E-state index in [-0.39, 0.29) is 0 Å². The molecule has 0 fully saturated rings. The number of ether oxygens (including phenoxy) is 1. The molecule has 22 heavy (non-hydrogen) atoms. The quantitative estimate of drug-likeness (QED) is 0.472. The second-order valence-corrected chi connectivity index (χ2v) is 6.30. The second kappa shape index (κ2) is 5.03. The Kier molecular flexibility index (Phi) is 3.12. The van der Waals surface area contributed by atoms with Crippen molar-refractivity contribution >= 4 is 32.5 Å². The fraction of sp³-hybridized carbons (Fsp3) is 0.158. The van der Waals surface area contributed by atoms with Gasteiger partial charge in [-0.3, -0.25) is 0 Å². The van der Waals surface area contributed by atoms with Gasteiger partial charge in [0.1, 0.15) is 5.75 Å². The van der Waals surface area contributed by atoms with Crippen molar-refractivity contribution in [2.75, 3.05) is 7.11 Å². The Labute approximate surface area is 137 Å². The first kappa shape index (κ1) is 13.6. The van der Waals surface area contributed by atoms with E-state index >= 15 is 0 Å². The lowest BCUT2D eigenvalue weighted by molar-refractivity contribution is 0.415. The van der Waals surface area contributed by atoms with Crippen LogP contribution in [0.1, 0.15) is 12.5 Å². The van der Waals surface area contributed by atoms with E-state index in [9.17, 15) is 0 Å². The maximum absolute atomic E-state index is 5.28. The zero-order valence-corrected chi connectivity index (χ0v) is 14.1. The molecule has 0 saturated carbocycles. The lowest BCUT2D eigenvalue weighted by atomic mass is 10.00. The number of hydrogen-bond donors (Lipinski definition) is 0. The van der Waals surface area contributed by atoms with Crippen LogP contribution in [0.25, 0.3) is 27.7 Å². The Balaban J connectivity index is 2.09. The highest BCUT2D eigenvalue weighted by molar-refractivity contribution is 9.10. The van der Waals surface area contributed by atoms with Crippen LogP contribution < -0.4 is 4.74 Å². The standard InChI is InChI=1S/C19H16BrNO/c1-3-14-16-5-4-6-17-15(20)11-18(21(16)17)19(14)12-7-9-13(22-2)10-8-12/h4-11H,3H2,1-2H3. The maximum Gasteiger partial charge on any atom is 0.118 e. The van der Waals surface area contributed by atoms with E-state index in [1.165, 1.54) is 33.2 Å². The summed E-state index contributed by atoms with van der Waals surface area (Å²) in [5.41, 5.74) is 7.75. The van der Waals surface area contributed by atoms with Crippen molar-refractivity contribution < 1.29 is 4.74 Å². The molecule has 0 amide bonds. The van der Waals surface area contributed by atoms with Crippen molar-refractivity contribution in [1.82, 2.24) is 4.40 Å². The molecule has 3 heterocycles. The van der Waals surface area contributed by atoms with Crippen molar-refractivity contribution in [1.29, 1.82) is 0 Å². The molecule has 3 aromatic heterocycles. The third-order valence-electron chi connectivity index (χ3n) is 4.34. The zero-order chi connectivity index (χ0) is 15.3. The van der Waals surface area contributed by atoms with E-state index in [4.69, 9.17) is 4.74 Å². The highest BCUT2D eigenvalue weighted by Gasteiger charge is 2.19. The molecule has 0 unspecified atom stereocenters. The fourth-order valence-electron chi connectivity index (χ4n) is 3.35. The summed E-state index contributed by atoms with van der Waals surface area (Å²) in [6, 6.07) is 17.1. The average molecular weight is 354 g/mol. The van der Waals surface area contributed by atoms with E-state index in [1.54, 1.807) is 7.11 Å². The van der Waals surface area contributed by atoms with Crippen LogP contribution in [0.4, 0.5) is 0 Å². The molecule has 110 valence electrons. The fourth-order valence-corrected chi connectivity index (χ4v) is 3.88. The van der Waals surface area contributed by atoms with Gasteiger partial charge in [0, 0.05) is 10.0 Å². The van der Waals surface area contributed by atoms with Gasteiger partial charge < -0.3 is 9.14 Å². The maximum atomic E-state index is 5.28. The van der Waals surface area contributed by atoms with Gasteiger partial charge in [-0.15, -0.1) is 0 Å². The number of halogens is 1. The van der Waals surface area contributed by atoms with Crippen molar-refractivity contribution in [2.45, 2.75) is 13.3 Å². The van der Waals surface area contributed by atoms with Crippen molar-refractivity contribution in [3.05, 3.63) is 58.6 Å². The Bertz CT molecular complexity index is 953. The van der Waals surface area contributed by atoms with Gasteiger partial charge >= 0.3 is 0 Å². The summed E-state index contributed by atoms with van der Waals surface area (Å²) < 4.78 is 8.77. The number of aryl methyl sites for hydroxylation is 1. The summed E-state index contributed by atoms with van der Waals surface area (Å²) in [5, 5.41) is 0.